The summed E-state index contributed by atoms with van der Waals surface area (Å²) in [7, 11) is 0. The predicted octanol–water partition coefficient (Wildman–Crippen LogP) is 2.95. The molecular formula is C14H18ClNO. The molecule has 2 atom stereocenters. The number of rotatable bonds is 3. The minimum Gasteiger partial charge on any atom is -0.381 e. The van der Waals surface area contributed by atoms with Crippen LogP contribution in [0, 0.1) is 5.92 Å². The number of hydrogen-bond donors (Lipinski definition) is 1. The van der Waals surface area contributed by atoms with E-state index in [0.29, 0.717) is 12.0 Å². The molecule has 2 aliphatic rings. The standard InChI is InChI=1S/C14H18ClNO/c15-12-2-3-13-11(7-12)1-4-14(13)16-8-10-5-6-17-9-10/h2-3,7,10,14,16H,1,4-6,8-9H2. The summed E-state index contributed by atoms with van der Waals surface area (Å²) in [4.78, 5) is 0. The van der Waals surface area contributed by atoms with Crippen LogP contribution in [0.15, 0.2) is 18.2 Å². The van der Waals surface area contributed by atoms with Gasteiger partial charge in [0, 0.05) is 24.2 Å². The van der Waals surface area contributed by atoms with Crippen LogP contribution in [0.3, 0.4) is 0 Å². The van der Waals surface area contributed by atoms with Crippen LogP contribution in [0.2, 0.25) is 5.02 Å². The van der Waals surface area contributed by atoms with Crippen LogP contribution < -0.4 is 5.32 Å². The molecule has 2 unspecified atom stereocenters. The first-order chi connectivity index (χ1) is 8.33. The Labute approximate surface area is 107 Å². The predicted molar refractivity (Wildman–Crippen MR) is 69.4 cm³/mol. The van der Waals surface area contributed by atoms with Gasteiger partial charge in [0.2, 0.25) is 0 Å². The third kappa shape index (κ3) is 2.49. The van der Waals surface area contributed by atoms with E-state index in [1.165, 1.54) is 24.0 Å². The molecule has 1 aliphatic carbocycles. The molecule has 0 aromatic heterocycles. The Bertz CT molecular complexity index is 401. The van der Waals surface area contributed by atoms with Crippen molar-refractivity contribution >= 4 is 11.6 Å². The molecule has 3 rings (SSSR count). The second kappa shape index (κ2) is 4.97. The van der Waals surface area contributed by atoms with E-state index in [1.807, 2.05) is 6.07 Å². The number of hydrogen-bond acceptors (Lipinski definition) is 2. The fraction of sp³-hybridized carbons (Fsp3) is 0.571. The zero-order valence-electron chi connectivity index (χ0n) is 9.92. The van der Waals surface area contributed by atoms with E-state index in [-0.39, 0.29) is 0 Å². The van der Waals surface area contributed by atoms with E-state index in [4.69, 9.17) is 16.3 Å². The minimum absolute atomic E-state index is 0.517. The largest absolute Gasteiger partial charge is 0.381 e. The van der Waals surface area contributed by atoms with Gasteiger partial charge >= 0.3 is 0 Å². The van der Waals surface area contributed by atoms with E-state index in [9.17, 15) is 0 Å². The fourth-order valence-corrected chi connectivity index (χ4v) is 3.05. The molecule has 1 saturated heterocycles. The summed E-state index contributed by atoms with van der Waals surface area (Å²) >= 11 is 6.01. The molecule has 0 bridgehead atoms. The Morgan fingerprint density at radius 3 is 3.12 bits per heavy atom. The molecular weight excluding hydrogens is 234 g/mol. The van der Waals surface area contributed by atoms with Crippen LogP contribution in [0.1, 0.15) is 30.0 Å². The quantitative estimate of drug-likeness (QED) is 0.892. The Morgan fingerprint density at radius 2 is 2.29 bits per heavy atom. The van der Waals surface area contributed by atoms with Gasteiger partial charge < -0.3 is 10.1 Å². The summed E-state index contributed by atoms with van der Waals surface area (Å²) in [5.41, 5.74) is 2.85. The van der Waals surface area contributed by atoms with Crippen molar-refractivity contribution in [2.75, 3.05) is 19.8 Å². The summed E-state index contributed by atoms with van der Waals surface area (Å²) in [5, 5.41) is 4.53. The molecule has 1 aliphatic heterocycles. The first-order valence-electron chi connectivity index (χ1n) is 6.42. The molecule has 1 aromatic rings. The lowest BCUT2D eigenvalue weighted by molar-refractivity contribution is 0.184. The molecule has 17 heavy (non-hydrogen) atoms. The fourth-order valence-electron chi connectivity index (χ4n) is 2.85. The van der Waals surface area contributed by atoms with Gasteiger partial charge in [-0.05, 0) is 48.4 Å². The lowest BCUT2D eigenvalue weighted by atomic mass is 10.1. The van der Waals surface area contributed by atoms with Crippen LogP contribution in [-0.4, -0.2) is 19.8 Å². The van der Waals surface area contributed by atoms with Crippen molar-refractivity contribution in [2.24, 2.45) is 5.92 Å². The number of ether oxygens (including phenoxy) is 1. The maximum absolute atomic E-state index is 6.01. The highest BCUT2D eigenvalue weighted by Crippen LogP contribution is 2.33. The average Bonchev–Trinajstić information content (AvgIpc) is 2.94. The maximum Gasteiger partial charge on any atom is 0.0507 e. The van der Waals surface area contributed by atoms with Crippen molar-refractivity contribution in [3.05, 3.63) is 34.3 Å². The zero-order valence-corrected chi connectivity index (χ0v) is 10.7. The van der Waals surface area contributed by atoms with E-state index >= 15 is 0 Å². The Balaban J connectivity index is 1.63. The van der Waals surface area contributed by atoms with Crippen molar-refractivity contribution in [3.63, 3.8) is 0 Å². The number of benzene rings is 1. The molecule has 1 aromatic carbocycles. The third-order valence-electron chi connectivity index (χ3n) is 3.86. The van der Waals surface area contributed by atoms with Gasteiger partial charge in [0.25, 0.3) is 0 Å². The number of fused-ring (bicyclic) bond motifs is 1. The van der Waals surface area contributed by atoms with Crippen molar-refractivity contribution in [3.8, 4) is 0 Å². The number of halogens is 1. The van der Waals surface area contributed by atoms with Crippen LogP contribution in [0.5, 0.6) is 0 Å². The van der Waals surface area contributed by atoms with E-state index in [0.717, 1.165) is 31.2 Å². The first kappa shape index (κ1) is 11.5. The lowest BCUT2D eigenvalue weighted by Crippen LogP contribution is -2.26. The van der Waals surface area contributed by atoms with Gasteiger partial charge in [0.15, 0.2) is 0 Å². The topological polar surface area (TPSA) is 21.3 Å². The summed E-state index contributed by atoms with van der Waals surface area (Å²) < 4.78 is 5.40. The molecule has 1 fully saturated rings. The highest BCUT2D eigenvalue weighted by molar-refractivity contribution is 6.30. The van der Waals surface area contributed by atoms with Gasteiger partial charge in [-0.3, -0.25) is 0 Å². The molecule has 0 saturated carbocycles. The van der Waals surface area contributed by atoms with Crippen molar-refractivity contribution in [1.29, 1.82) is 0 Å². The van der Waals surface area contributed by atoms with Crippen LogP contribution in [0.4, 0.5) is 0 Å². The van der Waals surface area contributed by atoms with Crippen LogP contribution >= 0.6 is 11.6 Å². The van der Waals surface area contributed by atoms with Crippen molar-refractivity contribution in [1.82, 2.24) is 5.32 Å². The van der Waals surface area contributed by atoms with Crippen molar-refractivity contribution < 1.29 is 4.74 Å². The highest BCUT2D eigenvalue weighted by Gasteiger charge is 2.24. The molecule has 1 N–H and O–H groups in total. The number of aryl methyl sites for hydroxylation is 1. The SMILES string of the molecule is Clc1ccc2c(c1)CCC2NCC1CCOC1. The Morgan fingerprint density at radius 1 is 1.35 bits per heavy atom. The molecule has 0 spiro atoms. The van der Waals surface area contributed by atoms with E-state index < -0.39 is 0 Å². The summed E-state index contributed by atoms with van der Waals surface area (Å²) in [5.74, 6) is 0.700. The first-order valence-corrected chi connectivity index (χ1v) is 6.80. The zero-order chi connectivity index (χ0) is 11.7. The van der Waals surface area contributed by atoms with Crippen LogP contribution in [0.25, 0.3) is 0 Å². The average molecular weight is 252 g/mol. The normalized spacial score (nSPS) is 27.4. The van der Waals surface area contributed by atoms with Gasteiger partial charge in [-0.1, -0.05) is 17.7 Å². The second-order valence-electron chi connectivity index (χ2n) is 5.07. The summed E-state index contributed by atoms with van der Waals surface area (Å²) in [6.45, 7) is 2.93. The van der Waals surface area contributed by atoms with Gasteiger partial charge in [-0.2, -0.15) is 0 Å². The lowest BCUT2D eigenvalue weighted by Gasteiger charge is -2.16. The van der Waals surface area contributed by atoms with E-state index in [2.05, 4.69) is 17.4 Å². The monoisotopic (exact) mass is 251 g/mol. The van der Waals surface area contributed by atoms with Crippen LogP contribution in [-0.2, 0) is 11.2 Å². The molecule has 3 heteroatoms. The summed E-state index contributed by atoms with van der Waals surface area (Å²) in [6.07, 6.45) is 3.55. The molecule has 0 radical (unpaired) electrons. The smallest absolute Gasteiger partial charge is 0.0507 e. The molecule has 2 nitrogen and oxygen atoms in total. The Kier molecular flexibility index (Phi) is 3.37. The van der Waals surface area contributed by atoms with E-state index in [1.54, 1.807) is 0 Å². The molecule has 92 valence electrons. The summed E-state index contributed by atoms with van der Waals surface area (Å²) in [6, 6.07) is 6.80. The molecule has 1 heterocycles. The number of nitrogens with one attached hydrogen (secondary N) is 1. The highest BCUT2D eigenvalue weighted by atomic mass is 35.5. The van der Waals surface area contributed by atoms with Gasteiger partial charge in [-0.25, -0.2) is 0 Å². The van der Waals surface area contributed by atoms with Crippen molar-refractivity contribution in [2.45, 2.75) is 25.3 Å². The van der Waals surface area contributed by atoms with Gasteiger partial charge in [0.05, 0.1) is 6.61 Å². The van der Waals surface area contributed by atoms with Gasteiger partial charge in [0.1, 0.15) is 0 Å². The molecule has 0 amide bonds. The Hall–Kier alpha value is -0.570. The maximum atomic E-state index is 6.01. The second-order valence-corrected chi connectivity index (χ2v) is 5.51. The van der Waals surface area contributed by atoms with Gasteiger partial charge in [-0.15, -0.1) is 0 Å². The minimum atomic E-state index is 0.517. The third-order valence-corrected chi connectivity index (χ3v) is 4.09.